The molecular formula is C23H19ClN2O2S. The van der Waals surface area contributed by atoms with Gasteiger partial charge in [-0.1, -0.05) is 41.9 Å². The molecule has 1 aromatic heterocycles. The normalized spacial score (nSPS) is 10.9. The van der Waals surface area contributed by atoms with Gasteiger partial charge in [-0.05, 0) is 55.3 Å². The van der Waals surface area contributed by atoms with Crippen LogP contribution < -0.4 is 10.1 Å². The van der Waals surface area contributed by atoms with E-state index >= 15 is 0 Å². The van der Waals surface area contributed by atoms with E-state index < -0.39 is 0 Å². The Hall–Kier alpha value is -2.89. The summed E-state index contributed by atoms with van der Waals surface area (Å²) in [5.74, 6) is 0.279. The Balaban J connectivity index is 1.52. The number of benzene rings is 3. The molecule has 0 saturated heterocycles. The fourth-order valence-electron chi connectivity index (χ4n) is 3.18. The second-order valence-electron chi connectivity index (χ2n) is 6.76. The molecule has 0 atom stereocenters. The second-order valence-corrected chi connectivity index (χ2v) is 8.20. The molecule has 146 valence electrons. The molecule has 0 bridgehead atoms. The van der Waals surface area contributed by atoms with Crippen molar-refractivity contribution in [3.8, 4) is 16.3 Å². The molecule has 1 amide bonds. The van der Waals surface area contributed by atoms with Crippen LogP contribution in [-0.4, -0.2) is 17.5 Å². The molecular weight excluding hydrogens is 404 g/mol. The van der Waals surface area contributed by atoms with Crippen molar-refractivity contribution in [2.24, 2.45) is 0 Å². The number of para-hydroxylation sites is 2. The lowest BCUT2D eigenvalue weighted by atomic mass is 10.1. The molecule has 4 rings (SSSR count). The van der Waals surface area contributed by atoms with E-state index in [4.69, 9.17) is 21.3 Å². The minimum Gasteiger partial charge on any atom is -0.482 e. The van der Waals surface area contributed by atoms with E-state index in [1.807, 2.05) is 74.5 Å². The summed E-state index contributed by atoms with van der Waals surface area (Å²) >= 11 is 7.85. The predicted octanol–water partition coefficient (Wildman–Crippen LogP) is 6.25. The lowest BCUT2D eigenvalue weighted by Crippen LogP contribution is -2.21. The van der Waals surface area contributed by atoms with E-state index in [0.29, 0.717) is 16.5 Å². The van der Waals surface area contributed by atoms with E-state index in [2.05, 4.69) is 5.32 Å². The Bertz CT molecular complexity index is 1150. The first-order chi connectivity index (χ1) is 14.0. The highest BCUT2D eigenvalue weighted by Gasteiger charge is 2.14. The van der Waals surface area contributed by atoms with E-state index in [1.165, 1.54) is 0 Å². The van der Waals surface area contributed by atoms with Gasteiger partial charge in [-0.25, -0.2) is 4.98 Å². The van der Waals surface area contributed by atoms with Gasteiger partial charge in [-0.15, -0.1) is 11.3 Å². The zero-order valence-corrected chi connectivity index (χ0v) is 17.6. The summed E-state index contributed by atoms with van der Waals surface area (Å²) < 4.78 is 6.80. The SMILES string of the molecule is Cc1cc(C)c(OCC(=O)Nc2ccccc2-c2nc3ccccc3s2)c(Cl)c1. The van der Waals surface area contributed by atoms with Gasteiger partial charge in [0, 0.05) is 5.56 Å². The molecule has 6 heteroatoms. The average Bonchev–Trinajstić information content (AvgIpc) is 3.11. The number of carbonyl (C=O) groups excluding carboxylic acids is 1. The van der Waals surface area contributed by atoms with E-state index in [-0.39, 0.29) is 12.5 Å². The maximum Gasteiger partial charge on any atom is 0.262 e. The number of hydrogen-bond acceptors (Lipinski definition) is 4. The summed E-state index contributed by atoms with van der Waals surface area (Å²) in [6, 6.07) is 19.4. The number of fused-ring (bicyclic) bond motifs is 1. The fraction of sp³-hybridized carbons (Fsp3) is 0.130. The Kier molecular flexibility index (Phi) is 5.51. The molecule has 3 aromatic carbocycles. The molecule has 0 aliphatic rings. The largest absolute Gasteiger partial charge is 0.482 e. The van der Waals surface area contributed by atoms with Crippen molar-refractivity contribution < 1.29 is 9.53 Å². The molecule has 0 spiro atoms. The molecule has 0 fully saturated rings. The van der Waals surface area contributed by atoms with Gasteiger partial charge in [0.05, 0.1) is 20.9 Å². The molecule has 1 heterocycles. The quantitative estimate of drug-likeness (QED) is 0.413. The third-order valence-electron chi connectivity index (χ3n) is 4.45. The van der Waals surface area contributed by atoms with E-state index in [1.54, 1.807) is 11.3 Å². The van der Waals surface area contributed by atoms with Crippen LogP contribution in [0.25, 0.3) is 20.8 Å². The number of halogens is 1. The standard InChI is InChI=1S/C23H19ClN2O2S/c1-14-11-15(2)22(17(24)12-14)28-13-21(27)25-18-8-4-3-7-16(18)23-26-19-9-5-6-10-20(19)29-23/h3-12H,13H2,1-2H3,(H,25,27). The number of carbonyl (C=O) groups is 1. The summed E-state index contributed by atoms with van der Waals surface area (Å²) in [6.07, 6.45) is 0. The summed E-state index contributed by atoms with van der Waals surface area (Å²) in [7, 11) is 0. The van der Waals surface area contributed by atoms with Crippen molar-refractivity contribution in [2.45, 2.75) is 13.8 Å². The number of rotatable bonds is 5. The minimum absolute atomic E-state index is 0.127. The van der Waals surface area contributed by atoms with Gasteiger partial charge < -0.3 is 10.1 Å². The van der Waals surface area contributed by atoms with Gasteiger partial charge in [0.1, 0.15) is 10.8 Å². The summed E-state index contributed by atoms with van der Waals surface area (Å²) in [5, 5.41) is 4.30. The monoisotopic (exact) mass is 422 g/mol. The molecule has 0 radical (unpaired) electrons. The average molecular weight is 423 g/mol. The fourth-order valence-corrected chi connectivity index (χ4v) is 4.56. The number of aromatic nitrogens is 1. The first-order valence-corrected chi connectivity index (χ1v) is 10.3. The zero-order valence-electron chi connectivity index (χ0n) is 16.0. The molecule has 0 saturated carbocycles. The third-order valence-corrected chi connectivity index (χ3v) is 5.80. The Morgan fingerprint density at radius 2 is 1.86 bits per heavy atom. The number of hydrogen-bond donors (Lipinski definition) is 1. The van der Waals surface area contributed by atoms with E-state index in [9.17, 15) is 4.79 Å². The topological polar surface area (TPSA) is 51.2 Å². The predicted molar refractivity (Wildman–Crippen MR) is 120 cm³/mol. The maximum atomic E-state index is 12.5. The van der Waals surface area contributed by atoms with Gasteiger partial charge >= 0.3 is 0 Å². The lowest BCUT2D eigenvalue weighted by Gasteiger charge is -2.13. The number of aryl methyl sites for hydroxylation is 2. The number of nitrogens with one attached hydrogen (secondary N) is 1. The number of anilines is 1. The van der Waals surface area contributed by atoms with Crippen LogP contribution >= 0.6 is 22.9 Å². The van der Waals surface area contributed by atoms with Gasteiger partial charge in [0.15, 0.2) is 6.61 Å². The summed E-state index contributed by atoms with van der Waals surface area (Å²) in [5.41, 5.74) is 4.48. The first-order valence-electron chi connectivity index (χ1n) is 9.15. The number of ether oxygens (including phenoxy) is 1. The van der Waals surface area contributed by atoms with Crippen LogP contribution in [0.5, 0.6) is 5.75 Å². The third kappa shape index (κ3) is 4.26. The first kappa shape index (κ1) is 19.4. The van der Waals surface area contributed by atoms with Crippen LogP contribution in [0.3, 0.4) is 0 Å². The van der Waals surface area contributed by atoms with Crippen LogP contribution in [0.2, 0.25) is 5.02 Å². The molecule has 4 aromatic rings. The molecule has 0 aliphatic heterocycles. The second kappa shape index (κ2) is 8.23. The number of nitrogens with zero attached hydrogens (tertiary/aromatic N) is 1. The van der Waals surface area contributed by atoms with Crippen LogP contribution in [-0.2, 0) is 4.79 Å². The van der Waals surface area contributed by atoms with Gasteiger partial charge in [0.25, 0.3) is 5.91 Å². The molecule has 4 nitrogen and oxygen atoms in total. The van der Waals surface area contributed by atoms with Gasteiger partial charge in [-0.2, -0.15) is 0 Å². The number of amides is 1. The van der Waals surface area contributed by atoms with Crippen LogP contribution in [0.1, 0.15) is 11.1 Å². The molecule has 0 unspecified atom stereocenters. The Morgan fingerprint density at radius 1 is 1.10 bits per heavy atom. The zero-order chi connectivity index (χ0) is 20.4. The van der Waals surface area contributed by atoms with Crippen molar-refractivity contribution in [2.75, 3.05) is 11.9 Å². The smallest absolute Gasteiger partial charge is 0.262 e. The highest BCUT2D eigenvalue weighted by atomic mass is 35.5. The lowest BCUT2D eigenvalue weighted by molar-refractivity contribution is -0.118. The highest BCUT2D eigenvalue weighted by molar-refractivity contribution is 7.21. The summed E-state index contributed by atoms with van der Waals surface area (Å²) in [6.45, 7) is 3.75. The highest BCUT2D eigenvalue weighted by Crippen LogP contribution is 2.34. The van der Waals surface area contributed by atoms with Gasteiger partial charge in [-0.3, -0.25) is 4.79 Å². The number of thiazole rings is 1. The van der Waals surface area contributed by atoms with Gasteiger partial charge in [0.2, 0.25) is 0 Å². The van der Waals surface area contributed by atoms with Crippen molar-refractivity contribution in [3.05, 3.63) is 76.8 Å². The van der Waals surface area contributed by atoms with E-state index in [0.717, 1.165) is 31.9 Å². The minimum atomic E-state index is -0.255. The Labute approximate surface area is 178 Å². The van der Waals surface area contributed by atoms with Crippen molar-refractivity contribution in [1.82, 2.24) is 4.98 Å². The molecule has 0 aliphatic carbocycles. The molecule has 29 heavy (non-hydrogen) atoms. The van der Waals surface area contributed by atoms with Crippen molar-refractivity contribution in [1.29, 1.82) is 0 Å². The van der Waals surface area contributed by atoms with Crippen LogP contribution in [0, 0.1) is 13.8 Å². The molecule has 1 N–H and O–H groups in total. The van der Waals surface area contributed by atoms with Crippen LogP contribution in [0.4, 0.5) is 5.69 Å². The Morgan fingerprint density at radius 3 is 2.66 bits per heavy atom. The van der Waals surface area contributed by atoms with Crippen LogP contribution in [0.15, 0.2) is 60.7 Å². The maximum absolute atomic E-state index is 12.5. The van der Waals surface area contributed by atoms with Crippen molar-refractivity contribution in [3.63, 3.8) is 0 Å². The van der Waals surface area contributed by atoms with Crippen molar-refractivity contribution >= 4 is 44.7 Å². The summed E-state index contributed by atoms with van der Waals surface area (Å²) in [4.78, 5) is 17.2.